The molecule has 0 fully saturated rings. The number of benzene rings is 1. The molecule has 1 nitrogen and oxygen atoms in total. The fourth-order valence-electron chi connectivity index (χ4n) is 1.08. The highest BCUT2D eigenvalue weighted by molar-refractivity contribution is 6.17. The van der Waals surface area contributed by atoms with Crippen LogP contribution in [0.25, 0.3) is 0 Å². The molecule has 15 heavy (non-hydrogen) atoms. The molecule has 0 amide bonds. The molecule has 0 unspecified atom stereocenters. The van der Waals surface area contributed by atoms with E-state index in [1.54, 1.807) is 0 Å². The van der Waals surface area contributed by atoms with Crippen molar-refractivity contribution in [2.75, 3.05) is 17.7 Å². The zero-order chi connectivity index (χ0) is 11.3. The predicted molar refractivity (Wildman–Crippen MR) is 55.3 cm³/mol. The minimum Gasteiger partial charge on any atom is -0.385 e. The highest BCUT2D eigenvalue weighted by atomic mass is 35.5. The highest BCUT2D eigenvalue weighted by Crippen LogP contribution is 2.29. The van der Waals surface area contributed by atoms with Crippen LogP contribution < -0.4 is 5.32 Å². The monoisotopic (exact) mass is 237 g/mol. The normalized spacial score (nSPS) is 11.5. The fourth-order valence-corrected chi connectivity index (χ4v) is 1.21. The van der Waals surface area contributed by atoms with Gasteiger partial charge in [0.05, 0.1) is 5.56 Å². The Balaban J connectivity index is 2.57. The Bertz CT molecular complexity index is 295. The average Bonchev–Trinajstić information content (AvgIpc) is 2.18. The molecule has 0 radical (unpaired) electrons. The molecule has 0 spiro atoms. The SMILES string of the molecule is FC(F)(F)c1ccc(NCCCCl)cc1. The first-order valence-corrected chi connectivity index (χ1v) is 5.04. The van der Waals surface area contributed by atoms with Gasteiger partial charge in [-0.05, 0) is 30.7 Å². The molecular formula is C10H11ClF3N. The van der Waals surface area contributed by atoms with Gasteiger partial charge in [-0.1, -0.05) is 0 Å². The van der Waals surface area contributed by atoms with Gasteiger partial charge in [0.15, 0.2) is 0 Å². The van der Waals surface area contributed by atoms with E-state index < -0.39 is 11.7 Å². The molecule has 1 aromatic carbocycles. The molecule has 0 aromatic heterocycles. The second kappa shape index (κ2) is 5.26. The lowest BCUT2D eigenvalue weighted by Gasteiger charge is -2.08. The first-order chi connectivity index (χ1) is 7.04. The standard InChI is InChI=1S/C10H11ClF3N/c11-6-1-7-15-9-4-2-8(3-5-9)10(12,13)14/h2-5,15H,1,6-7H2. The van der Waals surface area contributed by atoms with Gasteiger partial charge >= 0.3 is 6.18 Å². The van der Waals surface area contributed by atoms with Crippen LogP contribution in [0.15, 0.2) is 24.3 Å². The molecule has 0 atom stereocenters. The number of hydrogen-bond donors (Lipinski definition) is 1. The van der Waals surface area contributed by atoms with Gasteiger partial charge in [0.25, 0.3) is 0 Å². The topological polar surface area (TPSA) is 12.0 Å². The maximum absolute atomic E-state index is 12.2. The van der Waals surface area contributed by atoms with Crippen molar-refractivity contribution in [3.8, 4) is 0 Å². The van der Waals surface area contributed by atoms with Crippen molar-refractivity contribution in [1.29, 1.82) is 0 Å². The Kier molecular flexibility index (Phi) is 4.27. The molecular weight excluding hydrogens is 227 g/mol. The first-order valence-electron chi connectivity index (χ1n) is 4.51. The summed E-state index contributed by atoms with van der Waals surface area (Å²) in [5.41, 5.74) is 0.0403. The number of halogens is 4. The summed E-state index contributed by atoms with van der Waals surface area (Å²) >= 11 is 5.46. The van der Waals surface area contributed by atoms with Crippen LogP contribution in [0.5, 0.6) is 0 Å². The molecule has 0 saturated heterocycles. The Labute approximate surface area is 91.2 Å². The molecule has 1 N–H and O–H groups in total. The van der Waals surface area contributed by atoms with Gasteiger partial charge in [-0.15, -0.1) is 11.6 Å². The molecule has 84 valence electrons. The fraction of sp³-hybridized carbons (Fsp3) is 0.400. The zero-order valence-corrected chi connectivity index (χ0v) is 8.70. The van der Waals surface area contributed by atoms with E-state index in [-0.39, 0.29) is 0 Å². The number of hydrogen-bond acceptors (Lipinski definition) is 1. The summed E-state index contributed by atoms with van der Waals surface area (Å²) in [6, 6.07) is 4.94. The molecule has 5 heteroatoms. The van der Waals surface area contributed by atoms with Crippen molar-refractivity contribution in [3.05, 3.63) is 29.8 Å². The van der Waals surface area contributed by atoms with Crippen LogP contribution in [0.4, 0.5) is 18.9 Å². The molecule has 0 bridgehead atoms. The highest BCUT2D eigenvalue weighted by Gasteiger charge is 2.29. The Morgan fingerprint density at radius 1 is 1.13 bits per heavy atom. The predicted octanol–water partition coefficient (Wildman–Crippen LogP) is 3.75. The molecule has 0 aliphatic rings. The van der Waals surface area contributed by atoms with E-state index in [2.05, 4.69) is 5.32 Å². The first kappa shape index (κ1) is 12.2. The van der Waals surface area contributed by atoms with E-state index in [0.29, 0.717) is 18.1 Å². The van der Waals surface area contributed by atoms with Crippen LogP contribution in [0.2, 0.25) is 0 Å². The smallest absolute Gasteiger partial charge is 0.385 e. The number of nitrogens with one attached hydrogen (secondary N) is 1. The van der Waals surface area contributed by atoms with Crippen molar-refractivity contribution >= 4 is 17.3 Å². The minimum absolute atomic E-state index is 0.535. The van der Waals surface area contributed by atoms with E-state index in [1.165, 1.54) is 12.1 Å². The van der Waals surface area contributed by atoms with Crippen molar-refractivity contribution in [3.63, 3.8) is 0 Å². The quantitative estimate of drug-likeness (QED) is 0.621. The van der Waals surface area contributed by atoms with Gasteiger partial charge in [0.1, 0.15) is 0 Å². The summed E-state index contributed by atoms with van der Waals surface area (Å²) in [4.78, 5) is 0. The van der Waals surface area contributed by atoms with E-state index in [9.17, 15) is 13.2 Å². The van der Waals surface area contributed by atoms with Crippen molar-refractivity contribution in [2.24, 2.45) is 0 Å². The van der Waals surface area contributed by atoms with Crippen LogP contribution in [0.3, 0.4) is 0 Å². The van der Waals surface area contributed by atoms with E-state index in [4.69, 9.17) is 11.6 Å². The van der Waals surface area contributed by atoms with Crippen molar-refractivity contribution in [1.82, 2.24) is 0 Å². The van der Waals surface area contributed by atoms with Crippen molar-refractivity contribution < 1.29 is 13.2 Å². The summed E-state index contributed by atoms with van der Waals surface area (Å²) in [5, 5.41) is 2.97. The maximum Gasteiger partial charge on any atom is 0.416 e. The second-order valence-electron chi connectivity index (χ2n) is 3.04. The van der Waals surface area contributed by atoms with Crippen LogP contribution in [-0.2, 0) is 6.18 Å². The van der Waals surface area contributed by atoms with Crippen LogP contribution in [0, 0.1) is 0 Å². The van der Waals surface area contributed by atoms with E-state index in [0.717, 1.165) is 18.6 Å². The lowest BCUT2D eigenvalue weighted by molar-refractivity contribution is -0.137. The third kappa shape index (κ3) is 4.00. The van der Waals surface area contributed by atoms with Gasteiger partial charge in [-0.3, -0.25) is 0 Å². The van der Waals surface area contributed by atoms with Crippen molar-refractivity contribution in [2.45, 2.75) is 12.6 Å². The van der Waals surface area contributed by atoms with Gasteiger partial charge in [0.2, 0.25) is 0 Å². The van der Waals surface area contributed by atoms with E-state index >= 15 is 0 Å². The zero-order valence-electron chi connectivity index (χ0n) is 7.94. The van der Waals surface area contributed by atoms with Gasteiger partial charge in [-0.2, -0.15) is 13.2 Å². The minimum atomic E-state index is -4.27. The molecule has 0 saturated carbocycles. The van der Waals surface area contributed by atoms with Gasteiger partial charge in [-0.25, -0.2) is 0 Å². The lowest BCUT2D eigenvalue weighted by Crippen LogP contribution is -2.06. The molecule has 1 aromatic rings. The van der Waals surface area contributed by atoms with Crippen LogP contribution in [0.1, 0.15) is 12.0 Å². The van der Waals surface area contributed by atoms with E-state index in [1.807, 2.05) is 0 Å². The van der Waals surface area contributed by atoms with Gasteiger partial charge < -0.3 is 5.32 Å². The lowest BCUT2D eigenvalue weighted by atomic mass is 10.2. The Hall–Kier alpha value is -0.900. The third-order valence-electron chi connectivity index (χ3n) is 1.85. The maximum atomic E-state index is 12.2. The number of rotatable bonds is 4. The molecule has 0 aliphatic heterocycles. The summed E-state index contributed by atoms with van der Waals surface area (Å²) in [6.07, 6.45) is -3.49. The third-order valence-corrected chi connectivity index (χ3v) is 2.12. The average molecular weight is 238 g/mol. The molecule has 0 aliphatic carbocycles. The molecule has 1 rings (SSSR count). The van der Waals surface area contributed by atoms with Gasteiger partial charge in [0, 0.05) is 18.1 Å². The number of alkyl halides is 4. The largest absolute Gasteiger partial charge is 0.416 e. The summed E-state index contributed by atoms with van der Waals surface area (Å²) < 4.78 is 36.6. The van der Waals surface area contributed by atoms with Crippen LogP contribution >= 0.6 is 11.6 Å². The second-order valence-corrected chi connectivity index (χ2v) is 3.42. The van der Waals surface area contributed by atoms with Crippen LogP contribution in [-0.4, -0.2) is 12.4 Å². The Morgan fingerprint density at radius 2 is 1.73 bits per heavy atom. The summed E-state index contributed by atoms with van der Waals surface area (Å²) in [5.74, 6) is 0.535. The summed E-state index contributed by atoms with van der Waals surface area (Å²) in [7, 11) is 0. The summed E-state index contributed by atoms with van der Waals surface area (Å²) in [6.45, 7) is 0.662. The Morgan fingerprint density at radius 3 is 2.20 bits per heavy atom. The number of anilines is 1. The molecule has 0 heterocycles.